The zero-order chi connectivity index (χ0) is 88.6. The third-order valence-electron chi connectivity index (χ3n) is 26.3. The summed E-state index contributed by atoms with van der Waals surface area (Å²) in [5.41, 5.74) is 35.5. The third-order valence-corrected chi connectivity index (χ3v) is 26.3. The normalized spacial score (nSPS) is 17.8. The van der Waals surface area contributed by atoms with Crippen LogP contribution in [-0.4, -0.2) is 85.3 Å². The van der Waals surface area contributed by atoms with Crippen molar-refractivity contribution in [1.29, 1.82) is 0 Å². The van der Waals surface area contributed by atoms with Crippen molar-refractivity contribution in [3.05, 3.63) is 293 Å². The van der Waals surface area contributed by atoms with Gasteiger partial charge >= 0.3 is 0 Å². The number of hydrogen-bond donors (Lipinski definition) is 1. The van der Waals surface area contributed by atoms with E-state index < -0.39 is 0 Å². The van der Waals surface area contributed by atoms with Crippen LogP contribution in [-0.2, 0) is 114 Å². The van der Waals surface area contributed by atoms with Crippen LogP contribution < -0.4 is 0 Å². The molecule has 2 unspecified atom stereocenters. The summed E-state index contributed by atoms with van der Waals surface area (Å²) in [6.07, 6.45) is 16.3. The maximum absolute atomic E-state index is 3.15. The lowest BCUT2D eigenvalue weighted by molar-refractivity contribution is 0.120. The average Bonchev–Trinajstić information content (AvgIpc) is 1.71. The van der Waals surface area contributed by atoms with Gasteiger partial charge in [0, 0.05) is 144 Å². The van der Waals surface area contributed by atoms with Crippen LogP contribution in [0.2, 0.25) is 0 Å². The minimum absolute atomic E-state index is 0. The van der Waals surface area contributed by atoms with Crippen LogP contribution in [0, 0.1) is 20.8 Å². The molecule has 0 saturated carbocycles. The SMILES string of the molecule is C.CC(C)(C)N1CCc2ccccc2C1.CC(C)(C)N1Cc2c[nH]cc2C1.CC(C)(C)N1Cc2ccccc2C1.CC1CCc2cc(C(C)(C)C)ccc21.CC1CCc2ccc(C(C)(C)C)cc21.Cc1ccc(C(C)(C)C)cc1.Cc1ccc2c(c1)CN(C(C)(C)C)C2.Cc1ccc2c(c1)CN(C(C)(C)C)CC2.Cn1cc2c(c1)CN(C(C)(C)C)C2. The van der Waals surface area contributed by atoms with Gasteiger partial charge in [-0.2, -0.15) is 0 Å². The molecule has 0 spiro atoms. The highest BCUT2D eigenvalue weighted by Crippen LogP contribution is 2.40. The molecule has 6 aliphatic heterocycles. The first-order chi connectivity index (χ1) is 55.6. The molecular weight excluding hydrogens is 1470 g/mol. The van der Waals surface area contributed by atoms with E-state index >= 15 is 0 Å². The number of H-pyrrole nitrogens is 1. The Kier molecular flexibility index (Phi) is 33.2. The maximum atomic E-state index is 3.15. The number of aromatic amines is 1. The fourth-order valence-corrected chi connectivity index (χ4v) is 17.3. The van der Waals surface area contributed by atoms with E-state index in [0.29, 0.717) is 33.1 Å². The highest BCUT2D eigenvalue weighted by molar-refractivity contribution is 5.43. The zero-order valence-electron chi connectivity index (χ0n) is 82.2. The summed E-state index contributed by atoms with van der Waals surface area (Å²) in [7, 11) is 2.10. The molecule has 0 saturated heterocycles. The van der Waals surface area contributed by atoms with Crippen molar-refractivity contribution >= 4 is 0 Å². The fraction of sp³-hybridized carbons (Fsp3) is 0.558. The van der Waals surface area contributed by atoms with Gasteiger partial charge in [-0.1, -0.05) is 246 Å². The van der Waals surface area contributed by atoms with E-state index in [4.69, 9.17) is 0 Å². The van der Waals surface area contributed by atoms with Gasteiger partial charge in [-0.15, -0.1) is 0 Å². The van der Waals surface area contributed by atoms with Crippen LogP contribution in [0.4, 0.5) is 0 Å². The number of nitrogens with one attached hydrogen (secondary N) is 1. The molecule has 8 heteroatoms. The molecule has 8 nitrogen and oxygen atoms in total. The molecule has 9 aromatic rings. The highest BCUT2D eigenvalue weighted by atomic mass is 15.2. The van der Waals surface area contributed by atoms with E-state index in [2.05, 4.69) is 438 Å². The van der Waals surface area contributed by atoms with Crippen molar-refractivity contribution in [1.82, 2.24) is 39.0 Å². The first kappa shape index (κ1) is 99.3. The largest absolute Gasteiger partial charge is 0.367 e. The van der Waals surface area contributed by atoms with Crippen LogP contribution in [0.5, 0.6) is 0 Å². The Bertz CT molecular complexity index is 4690. The van der Waals surface area contributed by atoms with E-state index in [1.54, 1.807) is 27.8 Å². The van der Waals surface area contributed by atoms with Gasteiger partial charge in [0.2, 0.25) is 0 Å². The van der Waals surface area contributed by atoms with Crippen molar-refractivity contribution in [2.75, 3.05) is 13.1 Å². The van der Waals surface area contributed by atoms with Crippen LogP contribution in [0.1, 0.15) is 355 Å². The van der Waals surface area contributed by atoms with E-state index in [1.807, 2.05) is 0 Å². The number of benzene rings is 7. The van der Waals surface area contributed by atoms with Crippen LogP contribution >= 0.6 is 0 Å². The summed E-state index contributed by atoms with van der Waals surface area (Å²) < 4.78 is 2.16. The van der Waals surface area contributed by atoms with Gasteiger partial charge in [-0.3, -0.25) is 29.4 Å². The van der Waals surface area contributed by atoms with Gasteiger partial charge in [0.05, 0.1) is 0 Å². The smallest absolute Gasteiger partial charge is 0.0260 e. The molecule has 1 N–H and O–H groups in total. The quantitative estimate of drug-likeness (QED) is 0.163. The number of rotatable bonds is 0. The molecule has 0 fully saturated rings. The van der Waals surface area contributed by atoms with Crippen molar-refractivity contribution in [3.63, 3.8) is 0 Å². The molecule has 121 heavy (non-hydrogen) atoms. The van der Waals surface area contributed by atoms with E-state index in [9.17, 15) is 0 Å². The highest BCUT2D eigenvalue weighted by Gasteiger charge is 2.34. The summed E-state index contributed by atoms with van der Waals surface area (Å²) >= 11 is 0. The zero-order valence-corrected chi connectivity index (χ0v) is 82.2. The van der Waals surface area contributed by atoms with Crippen LogP contribution in [0.15, 0.2) is 170 Å². The number of hydrogen-bond acceptors (Lipinski definition) is 6. The molecule has 7 aromatic carbocycles. The standard InChI is InChI=1S/C14H21N.2C14H20.2C13H19N.C12H17N.C11H18N2.C11H16.C10H16N2.CH4/c1-11-5-6-12-7-8-15(14(2,3)4)10-13(12)9-11;1-10-5-6-11-9-12(14(2,3)4)7-8-13(10)11;1-10-5-6-11-7-8-12(9-13(10)11)14(2,3)4;1-10-5-6-11-8-14(13(2,3)4)9-12(11)7-10;1-13(2,3)14-9-8-11-6-4-5-7-12(11)10-14;1-12(2,3)13-8-10-6-4-5-7-11(10)9-13;1-11(2,3)13-7-9-5-12(4)6-10(9)8-13;1-9-5-7-10(8-6-9)11(2,3)4;1-10(2,3)12-6-8-4-11-5-9(8)7-12;/h5-6,9H,7-8,10H2,1-4H3;2*7-10H,5-6H2,1-4H3;5-7H,8-9H2,1-4H3;4-7H,8-10H2,1-3H3;4-7H,8-9H2,1-3H3;5-6H,7-8H2,1-4H3;5-8H,1-4H3;4-5,11H,6-7H2,1-3H3;1H4. The number of fused-ring (bicyclic) bond motifs is 8. The van der Waals surface area contributed by atoms with Crippen molar-refractivity contribution < 1.29 is 0 Å². The second-order valence-electron chi connectivity index (χ2n) is 45.7. The minimum Gasteiger partial charge on any atom is -0.367 e. The number of aryl methyl sites for hydroxylation is 6. The van der Waals surface area contributed by atoms with E-state index in [1.165, 1.54) is 146 Å². The second-order valence-corrected chi connectivity index (χ2v) is 45.7. The topological polar surface area (TPSA) is 40.2 Å². The Morgan fingerprint density at radius 1 is 0.264 bits per heavy atom. The Morgan fingerprint density at radius 2 is 0.562 bits per heavy atom. The van der Waals surface area contributed by atoms with Gasteiger partial charge in [0.1, 0.15) is 0 Å². The van der Waals surface area contributed by atoms with Crippen molar-refractivity contribution in [3.8, 4) is 0 Å². The first-order valence-electron chi connectivity index (χ1n) is 46.0. The molecule has 662 valence electrons. The molecule has 0 radical (unpaired) electrons. The van der Waals surface area contributed by atoms with Gasteiger partial charge in [0.25, 0.3) is 0 Å². The summed E-state index contributed by atoms with van der Waals surface area (Å²) in [5.74, 6) is 1.55. The summed E-state index contributed by atoms with van der Waals surface area (Å²) in [6, 6.07) is 54.1. The minimum atomic E-state index is 0. The van der Waals surface area contributed by atoms with Crippen molar-refractivity contribution in [2.45, 2.75) is 394 Å². The Labute approximate surface area is 741 Å². The Balaban J connectivity index is 0.000000169. The lowest BCUT2D eigenvalue weighted by Gasteiger charge is -2.39. The fourth-order valence-electron chi connectivity index (χ4n) is 17.3. The summed E-state index contributed by atoms with van der Waals surface area (Å²) in [5, 5.41) is 0. The molecule has 8 heterocycles. The molecule has 8 aliphatic rings. The van der Waals surface area contributed by atoms with Crippen LogP contribution in [0.25, 0.3) is 0 Å². The Hall–Kier alpha value is -7.14. The third kappa shape index (κ3) is 28.4. The monoisotopic (exact) mass is 1640 g/mol. The van der Waals surface area contributed by atoms with Crippen LogP contribution in [0.3, 0.4) is 0 Å². The molecule has 2 aliphatic carbocycles. The molecule has 0 bridgehead atoms. The first-order valence-corrected chi connectivity index (χ1v) is 46.0. The molecular formula is C113H170N8. The molecule has 2 atom stereocenters. The lowest BCUT2D eigenvalue weighted by atomic mass is 9.85. The van der Waals surface area contributed by atoms with Crippen molar-refractivity contribution in [2.24, 2.45) is 7.05 Å². The van der Waals surface area contributed by atoms with E-state index in [0.717, 1.165) is 77.3 Å². The maximum Gasteiger partial charge on any atom is 0.0260 e. The summed E-state index contributed by atoms with van der Waals surface area (Å²) in [4.78, 5) is 18.3. The molecule has 0 amide bonds. The Morgan fingerprint density at radius 3 is 0.992 bits per heavy atom. The van der Waals surface area contributed by atoms with Gasteiger partial charge in [-0.05, 0) is 318 Å². The molecule has 17 rings (SSSR count). The number of nitrogens with zero attached hydrogens (tertiary/aromatic N) is 7. The van der Waals surface area contributed by atoms with Gasteiger partial charge in [-0.25, -0.2) is 0 Å². The average molecular weight is 1640 g/mol. The number of aromatic nitrogens is 2. The lowest BCUT2D eigenvalue weighted by Crippen LogP contribution is -2.44. The predicted octanol–water partition coefficient (Wildman–Crippen LogP) is 28.2. The molecule has 2 aromatic heterocycles. The van der Waals surface area contributed by atoms with Gasteiger partial charge < -0.3 is 9.55 Å². The van der Waals surface area contributed by atoms with Gasteiger partial charge in [0.15, 0.2) is 0 Å². The predicted molar refractivity (Wildman–Crippen MR) is 526 cm³/mol. The second kappa shape index (κ2) is 40.4. The van der Waals surface area contributed by atoms with E-state index in [-0.39, 0.29) is 23.8 Å². The summed E-state index contributed by atoms with van der Waals surface area (Å²) in [6.45, 7) is 86.1.